The maximum Gasteiger partial charge on any atom is 0.0783 e. The molecule has 2 saturated heterocycles. The molecule has 2 fully saturated rings. The normalized spacial score (nSPS) is 32.6. The fourth-order valence-electron chi connectivity index (χ4n) is 3.46. The minimum Gasteiger partial charge on any atom is -0.374 e. The zero-order valence-electron chi connectivity index (χ0n) is 11.5. The van der Waals surface area contributed by atoms with Gasteiger partial charge in [0, 0.05) is 30.8 Å². The zero-order chi connectivity index (χ0) is 13.1. The molecular formula is C15H22N2OS. The topological polar surface area (TPSA) is 34.2 Å². The van der Waals surface area contributed by atoms with Crippen LogP contribution in [0.15, 0.2) is 24.5 Å². The van der Waals surface area contributed by atoms with Crippen LogP contribution in [0.25, 0.3) is 0 Å². The van der Waals surface area contributed by atoms with Gasteiger partial charge in [0.2, 0.25) is 0 Å². The highest BCUT2D eigenvalue weighted by Crippen LogP contribution is 2.43. The number of thioether (sulfide) groups is 1. The summed E-state index contributed by atoms with van der Waals surface area (Å²) in [5.41, 5.74) is 1.51. The molecule has 19 heavy (non-hydrogen) atoms. The molecule has 4 heteroatoms. The molecule has 3 nitrogen and oxygen atoms in total. The van der Waals surface area contributed by atoms with Gasteiger partial charge in [0.05, 0.1) is 5.60 Å². The third kappa shape index (κ3) is 2.81. The van der Waals surface area contributed by atoms with Crippen LogP contribution in [0.3, 0.4) is 0 Å². The van der Waals surface area contributed by atoms with E-state index in [1.54, 1.807) is 0 Å². The number of aromatic nitrogens is 1. The van der Waals surface area contributed by atoms with Crippen molar-refractivity contribution in [3.63, 3.8) is 0 Å². The number of rotatable bonds is 3. The minimum absolute atomic E-state index is 0.162. The quantitative estimate of drug-likeness (QED) is 0.921. The first-order valence-electron chi connectivity index (χ1n) is 7.12. The molecule has 0 aromatic carbocycles. The van der Waals surface area contributed by atoms with E-state index in [1.165, 1.54) is 29.9 Å². The predicted molar refractivity (Wildman–Crippen MR) is 79.4 cm³/mol. The van der Waals surface area contributed by atoms with Gasteiger partial charge in [-0.15, -0.1) is 0 Å². The van der Waals surface area contributed by atoms with Crippen LogP contribution < -0.4 is 5.32 Å². The standard InChI is InChI=1S/C15H22N2OS/c1-16-14(12-2-6-17-7-3-12)13-4-8-18-15(10-13)5-9-19-11-15/h2-3,6-7,13-14,16H,4-5,8-11H2,1H3. The molecule has 0 aliphatic carbocycles. The van der Waals surface area contributed by atoms with E-state index < -0.39 is 0 Å². The van der Waals surface area contributed by atoms with E-state index in [0.29, 0.717) is 12.0 Å². The highest BCUT2D eigenvalue weighted by molar-refractivity contribution is 7.99. The Labute approximate surface area is 119 Å². The summed E-state index contributed by atoms with van der Waals surface area (Å²) >= 11 is 2.04. The highest BCUT2D eigenvalue weighted by Gasteiger charge is 2.42. The molecule has 1 aromatic heterocycles. The maximum absolute atomic E-state index is 6.13. The van der Waals surface area contributed by atoms with E-state index in [4.69, 9.17) is 4.74 Å². The van der Waals surface area contributed by atoms with Crippen molar-refractivity contribution in [2.75, 3.05) is 25.2 Å². The Balaban J connectivity index is 1.76. The predicted octanol–water partition coefficient (Wildman–Crippen LogP) is 2.64. The van der Waals surface area contributed by atoms with Gasteiger partial charge in [-0.25, -0.2) is 0 Å². The second-order valence-corrected chi connectivity index (χ2v) is 6.74. The minimum atomic E-state index is 0.162. The highest BCUT2D eigenvalue weighted by atomic mass is 32.2. The second kappa shape index (κ2) is 5.81. The van der Waals surface area contributed by atoms with Crippen LogP contribution in [0.1, 0.15) is 30.9 Å². The van der Waals surface area contributed by atoms with Gasteiger partial charge < -0.3 is 10.1 Å². The van der Waals surface area contributed by atoms with Crippen LogP contribution in [-0.4, -0.2) is 35.7 Å². The molecule has 1 aromatic rings. The van der Waals surface area contributed by atoms with Gasteiger partial charge in [-0.3, -0.25) is 4.98 Å². The lowest BCUT2D eigenvalue weighted by molar-refractivity contribution is -0.0850. The molecule has 104 valence electrons. The van der Waals surface area contributed by atoms with Crippen molar-refractivity contribution in [3.05, 3.63) is 30.1 Å². The Kier molecular flexibility index (Phi) is 4.10. The largest absolute Gasteiger partial charge is 0.374 e. The number of hydrogen-bond acceptors (Lipinski definition) is 4. The molecule has 2 aliphatic heterocycles. The molecular weight excluding hydrogens is 256 g/mol. The van der Waals surface area contributed by atoms with Gasteiger partial charge in [-0.05, 0) is 55.7 Å². The molecule has 3 atom stereocenters. The van der Waals surface area contributed by atoms with Gasteiger partial charge in [-0.1, -0.05) is 0 Å². The molecule has 2 aliphatic rings. The molecule has 3 heterocycles. The van der Waals surface area contributed by atoms with Crippen LogP contribution in [0.2, 0.25) is 0 Å². The number of ether oxygens (including phenoxy) is 1. The van der Waals surface area contributed by atoms with Crippen molar-refractivity contribution < 1.29 is 4.74 Å². The Hall–Kier alpha value is -0.580. The fourth-order valence-corrected chi connectivity index (χ4v) is 4.84. The SMILES string of the molecule is CNC(c1ccncc1)C1CCOC2(CCSC2)C1. The first-order valence-corrected chi connectivity index (χ1v) is 8.27. The third-order valence-corrected chi connectivity index (χ3v) is 5.67. The van der Waals surface area contributed by atoms with E-state index in [-0.39, 0.29) is 5.60 Å². The van der Waals surface area contributed by atoms with Crippen LogP contribution in [0.4, 0.5) is 0 Å². The van der Waals surface area contributed by atoms with E-state index in [9.17, 15) is 0 Å². The molecule has 0 saturated carbocycles. The van der Waals surface area contributed by atoms with Crippen LogP contribution in [0, 0.1) is 5.92 Å². The first kappa shape index (κ1) is 13.4. The van der Waals surface area contributed by atoms with Crippen molar-refractivity contribution in [2.24, 2.45) is 5.92 Å². The van der Waals surface area contributed by atoms with Crippen molar-refractivity contribution in [3.8, 4) is 0 Å². The van der Waals surface area contributed by atoms with E-state index >= 15 is 0 Å². The Bertz CT molecular complexity index is 406. The molecule has 1 N–H and O–H groups in total. The van der Waals surface area contributed by atoms with Crippen molar-refractivity contribution in [1.29, 1.82) is 0 Å². The van der Waals surface area contributed by atoms with Gasteiger partial charge in [0.15, 0.2) is 0 Å². The van der Waals surface area contributed by atoms with Gasteiger partial charge in [-0.2, -0.15) is 11.8 Å². The average Bonchev–Trinajstić information content (AvgIpc) is 2.89. The second-order valence-electron chi connectivity index (χ2n) is 5.63. The van der Waals surface area contributed by atoms with E-state index in [0.717, 1.165) is 13.0 Å². The van der Waals surface area contributed by atoms with E-state index in [1.807, 2.05) is 24.2 Å². The molecule has 3 unspecified atom stereocenters. The van der Waals surface area contributed by atoms with Crippen molar-refractivity contribution >= 4 is 11.8 Å². The summed E-state index contributed by atoms with van der Waals surface area (Å²) in [4.78, 5) is 4.12. The lowest BCUT2D eigenvalue weighted by Crippen LogP contribution is -2.43. The zero-order valence-corrected chi connectivity index (χ0v) is 12.3. The lowest BCUT2D eigenvalue weighted by Gasteiger charge is -2.41. The Morgan fingerprint density at radius 3 is 3.00 bits per heavy atom. The summed E-state index contributed by atoms with van der Waals surface area (Å²) < 4.78 is 6.13. The van der Waals surface area contributed by atoms with Crippen molar-refractivity contribution in [1.82, 2.24) is 10.3 Å². The number of hydrogen-bond donors (Lipinski definition) is 1. The summed E-state index contributed by atoms with van der Waals surface area (Å²) in [6, 6.07) is 4.69. The van der Waals surface area contributed by atoms with Crippen LogP contribution in [-0.2, 0) is 4.74 Å². The maximum atomic E-state index is 6.13. The number of nitrogens with zero attached hydrogens (tertiary/aromatic N) is 1. The summed E-state index contributed by atoms with van der Waals surface area (Å²) in [5, 5.41) is 3.50. The average molecular weight is 278 g/mol. The van der Waals surface area contributed by atoms with Crippen LogP contribution >= 0.6 is 11.8 Å². The fraction of sp³-hybridized carbons (Fsp3) is 0.667. The first-order chi connectivity index (χ1) is 9.33. The Morgan fingerprint density at radius 1 is 1.47 bits per heavy atom. The number of pyridine rings is 1. The van der Waals surface area contributed by atoms with E-state index in [2.05, 4.69) is 29.5 Å². The molecule has 0 radical (unpaired) electrons. The van der Waals surface area contributed by atoms with Gasteiger partial charge >= 0.3 is 0 Å². The Morgan fingerprint density at radius 2 is 2.32 bits per heavy atom. The number of nitrogens with one attached hydrogen (secondary N) is 1. The van der Waals surface area contributed by atoms with Gasteiger partial charge in [0.25, 0.3) is 0 Å². The molecule has 0 amide bonds. The van der Waals surface area contributed by atoms with Crippen LogP contribution in [0.5, 0.6) is 0 Å². The summed E-state index contributed by atoms with van der Waals surface area (Å²) in [7, 11) is 2.07. The summed E-state index contributed by atoms with van der Waals surface area (Å²) in [6.45, 7) is 0.911. The van der Waals surface area contributed by atoms with Crippen molar-refractivity contribution in [2.45, 2.75) is 30.9 Å². The molecule has 1 spiro atoms. The monoisotopic (exact) mass is 278 g/mol. The lowest BCUT2D eigenvalue weighted by atomic mass is 9.79. The summed E-state index contributed by atoms with van der Waals surface area (Å²) in [5.74, 6) is 3.10. The van der Waals surface area contributed by atoms with Gasteiger partial charge in [0.1, 0.15) is 0 Å². The molecule has 3 rings (SSSR count). The third-order valence-electron chi connectivity index (χ3n) is 4.45. The smallest absolute Gasteiger partial charge is 0.0783 e. The summed E-state index contributed by atoms with van der Waals surface area (Å²) in [6.07, 6.45) is 7.34. The molecule has 0 bridgehead atoms.